The predicted octanol–water partition coefficient (Wildman–Crippen LogP) is 4.13. The van der Waals surface area contributed by atoms with E-state index >= 15 is 0 Å². The normalized spacial score (nSPS) is 10.6. The zero-order chi connectivity index (χ0) is 20.0. The van der Waals surface area contributed by atoms with Crippen molar-refractivity contribution in [3.8, 4) is 5.75 Å². The van der Waals surface area contributed by atoms with Crippen molar-refractivity contribution < 1.29 is 23.1 Å². The van der Waals surface area contributed by atoms with Crippen LogP contribution in [0.1, 0.15) is 27.2 Å². The first-order chi connectivity index (χ1) is 12.8. The molecular formula is C20H22F2N2O3. The van der Waals surface area contributed by atoms with Gasteiger partial charge in [0.2, 0.25) is 11.8 Å². The lowest BCUT2D eigenvalue weighted by Crippen LogP contribution is -2.32. The number of hydrogen-bond donors (Lipinski definition) is 1. The summed E-state index contributed by atoms with van der Waals surface area (Å²) in [5.41, 5.74) is 0.443. The average Bonchev–Trinajstić information content (AvgIpc) is 2.57. The van der Waals surface area contributed by atoms with Crippen LogP contribution >= 0.6 is 0 Å². The van der Waals surface area contributed by atoms with Gasteiger partial charge < -0.3 is 15.0 Å². The van der Waals surface area contributed by atoms with Gasteiger partial charge in [0.15, 0.2) is 0 Å². The largest absolute Gasteiger partial charge is 0.489 e. The van der Waals surface area contributed by atoms with Crippen LogP contribution in [0.5, 0.6) is 5.75 Å². The first-order valence-corrected chi connectivity index (χ1v) is 8.56. The van der Waals surface area contributed by atoms with Crippen LogP contribution in [-0.2, 0) is 9.59 Å². The molecule has 0 unspecified atom stereocenters. The van der Waals surface area contributed by atoms with Crippen LogP contribution in [0.4, 0.5) is 20.2 Å². The molecule has 1 N–H and O–H groups in total. The van der Waals surface area contributed by atoms with Crippen molar-refractivity contribution in [3.63, 3.8) is 0 Å². The molecule has 2 aromatic carbocycles. The van der Waals surface area contributed by atoms with Gasteiger partial charge in [0.1, 0.15) is 17.4 Å². The number of nitrogens with zero attached hydrogens (tertiary/aromatic N) is 1. The van der Waals surface area contributed by atoms with Crippen molar-refractivity contribution in [2.75, 3.05) is 16.8 Å². The molecule has 144 valence electrons. The maximum absolute atomic E-state index is 14.0. The highest BCUT2D eigenvalue weighted by atomic mass is 19.1. The number of ether oxygens (including phenoxy) is 1. The highest BCUT2D eigenvalue weighted by Gasteiger charge is 2.18. The van der Waals surface area contributed by atoms with Gasteiger partial charge in [-0.2, -0.15) is 0 Å². The minimum atomic E-state index is -0.860. The maximum Gasteiger partial charge on any atom is 0.226 e. The van der Waals surface area contributed by atoms with Crippen LogP contribution in [0.25, 0.3) is 0 Å². The van der Waals surface area contributed by atoms with E-state index < -0.39 is 17.5 Å². The second kappa shape index (κ2) is 9.12. The highest BCUT2D eigenvalue weighted by molar-refractivity contribution is 5.95. The number of anilines is 2. The van der Waals surface area contributed by atoms with E-state index in [-0.39, 0.29) is 30.7 Å². The van der Waals surface area contributed by atoms with Gasteiger partial charge in [0.25, 0.3) is 0 Å². The summed E-state index contributed by atoms with van der Waals surface area (Å²) in [6, 6.07) is 9.94. The second-order valence-corrected chi connectivity index (χ2v) is 6.23. The first kappa shape index (κ1) is 20.4. The van der Waals surface area contributed by atoms with Gasteiger partial charge in [-0.05, 0) is 38.1 Å². The molecule has 0 atom stereocenters. The summed E-state index contributed by atoms with van der Waals surface area (Å²) < 4.78 is 32.7. The van der Waals surface area contributed by atoms with E-state index in [4.69, 9.17) is 4.74 Å². The van der Waals surface area contributed by atoms with Crippen molar-refractivity contribution in [2.24, 2.45) is 0 Å². The topological polar surface area (TPSA) is 58.6 Å². The van der Waals surface area contributed by atoms with Gasteiger partial charge >= 0.3 is 0 Å². The monoisotopic (exact) mass is 376 g/mol. The van der Waals surface area contributed by atoms with Crippen LogP contribution in [0, 0.1) is 11.6 Å². The Morgan fingerprint density at radius 3 is 2.48 bits per heavy atom. The molecule has 2 amide bonds. The molecule has 0 radical (unpaired) electrons. The van der Waals surface area contributed by atoms with E-state index in [9.17, 15) is 18.4 Å². The molecule has 0 heterocycles. The van der Waals surface area contributed by atoms with Crippen molar-refractivity contribution in [1.29, 1.82) is 0 Å². The van der Waals surface area contributed by atoms with Crippen LogP contribution in [0.15, 0.2) is 42.5 Å². The van der Waals surface area contributed by atoms with E-state index in [1.165, 1.54) is 13.0 Å². The fourth-order valence-electron chi connectivity index (χ4n) is 2.50. The van der Waals surface area contributed by atoms with Gasteiger partial charge in [-0.3, -0.25) is 9.59 Å². The molecule has 2 aromatic rings. The summed E-state index contributed by atoms with van der Waals surface area (Å²) in [5, 5.41) is 2.73. The standard InChI is InChI=1S/C20H22F2N2O3/c1-13(2)27-19-7-5-4-6-17(19)23-20(26)10-11-24(14(3)25)18-9-8-15(21)12-16(18)22/h4-9,12-13H,10-11H2,1-3H3,(H,23,26). The lowest BCUT2D eigenvalue weighted by Gasteiger charge is -2.22. The van der Waals surface area contributed by atoms with E-state index in [0.29, 0.717) is 17.5 Å². The molecule has 2 rings (SSSR count). The molecule has 0 spiro atoms. The zero-order valence-electron chi connectivity index (χ0n) is 15.5. The molecule has 0 fully saturated rings. The molecule has 0 aromatic heterocycles. The quantitative estimate of drug-likeness (QED) is 0.790. The van der Waals surface area contributed by atoms with Crippen LogP contribution in [-0.4, -0.2) is 24.5 Å². The van der Waals surface area contributed by atoms with E-state index in [2.05, 4.69) is 5.32 Å². The Morgan fingerprint density at radius 2 is 1.85 bits per heavy atom. The number of benzene rings is 2. The van der Waals surface area contributed by atoms with Crippen molar-refractivity contribution in [3.05, 3.63) is 54.1 Å². The molecule has 5 nitrogen and oxygen atoms in total. The molecular weight excluding hydrogens is 354 g/mol. The zero-order valence-corrected chi connectivity index (χ0v) is 15.5. The number of halogens is 2. The molecule has 0 bridgehead atoms. The SMILES string of the molecule is CC(=O)N(CCC(=O)Nc1ccccc1OC(C)C)c1ccc(F)cc1F. The molecule has 0 saturated heterocycles. The second-order valence-electron chi connectivity index (χ2n) is 6.23. The number of rotatable bonds is 7. The Hall–Kier alpha value is -2.96. The maximum atomic E-state index is 14.0. The summed E-state index contributed by atoms with van der Waals surface area (Å²) in [7, 11) is 0. The average molecular weight is 376 g/mol. The smallest absolute Gasteiger partial charge is 0.226 e. The molecule has 7 heteroatoms. The number of hydrogen-bond acceptors (Lipinski definition) is 3. The Morgan fingerprint density at radius 1 is 1.15 bits per heavy atom. The van der Waals surface area contributed by atoms with Crippen molar-refractivity contribution in [1.82, 2.24) is 0 Å². The Kier molecular flexibility index (Phi) is 6.87. The molecule has 27 heavy (non-hydrogen) atoms. The lowest BCUT2D eigenvalue weighted by molar-refractivity contribution is -0.117. The third-order valence-electron chi connectivity index (χ3n) is 3.67. The summed E-state index contributed by atoms with van der Waals surface area (Å²) in [4.78, 5) is 25.2. The van der Waals surface area contributed by atoms with Gasteiger partial charge in [-0.25, -0.2) is 8.78 Å². The fraction of sp³-hybridized carbons (Fsp3) is 0.300. The van der Waals surface area contributed by atoms with Crippen molar-refractivity contribution >= 4 is 23.2 Å². The number of amides is 2. The van der Waals surface area contributed by atoms with Crippen LogP contribution in [0.2, 0.25) is 0 Å². The highest BCUT2D eigenvalue weighted by Crippen LogP contribution is 2.25. The van der Waals surface area contributed by atoms with Gasteiger partial charge in [-0.1, -0.05) is 12.1 Å². The first-order valence-electron chi connectivity index (χ1n) is 8.56. The van der Waals surface area contributed by atoms with Crippen molar-refractivity contribution in [2.45, 2.75) is 33.3 Å². The lowest BCUT2D eigenvalue weighted by atomic mass is 10.2. The molecule has 0 aliphatic rings. The summed E-state index contributed by atoms with van der Waals surface area (Å²) in [6.45, 7) is 4.96. The Labute approximate surface area is 156 Å². The minimum absolute atomic E-state index is 0.0447. The van der Waals surface area contributed by atoms with E-state index in [0.717, 1.165) is 11.0 Å². The predicted molar refractivity (Wildman–Crippen MR) is 99.8 cm³/mol. The Balaban J connectivity index is 2.06. The van der Waals surface area contributed by atoms with Gasteiger partial charge in [0.05, 0.1) is 17.5 Å². The Bertz CT molecular complexity index is 825. The summed E-state index contributed by atoms with van der Waals surface area (Å²) >= 11 is 0. The number of para-hydroxylation sites is 2. The summed E-state index contributed by atoms with van der Waals surface area (Å²) in [5.74, 6) is -1.87. The molecule has 0 aliphatic heterocycles. The summed E-state index contributed by atoms with van der Waals surface area (Å²) in [6.07, 6.45) is -0.121. The van der Waals surface area contributed by atoms with Crippen LogP contribution < -0.4 is 15.0 Å². The number of carbonyl (C=O) groups excluding carboxylic acids is 2. The van der Waals surface area contributed by atoms with Gasteiger partial charge in [0, 0.05) is 26.0 Å². The third-order valence-corrected chi connectivity index (χ3v) is 3.67. The number of carbonyl (C=O) groups is 2. The third kappa shape index (κ3) is 5.77. The van der Waals surface area contributed by atoms with Crippen LogP contribution in [0.3, 0.4) is 0 Å². The fourth-order valence-corrected chi connectivity index (χ4v) is 2.50. The molecule has 0 saturated carbocycles. The van der Waals surface area contributed by atoms with E-state index in [1.54, 1.807) is 24.3 Å². The number of nitrogens with one attached hydrogen (secondary N) is 1. The molecule has 0 aliphatic carbocycles. The van der Waals surface area contributed by atoms with E-state index in [1.807, 2.05) is 13.8 Å². The minimum Gasteiger partial charge on any atom is -0.489 e. The van der Waals surface area contributed by atoms with Gasteiger partial charge in [-0.15, -0.1) is 0 Å².